The molecule has 0 spiro atoms. The third-order valence-corrected chi connectivity index (χ3v) is 4.94. The van der Waals surface area contributed by atoms with Crippen LogP contribution in [-0.4, -0.2) is 36.9 Å². The third-order valence-electron chi connectivity index (χ3n) is 4.43. The van der Waals surface area contributed by atoms with Crippen molar-refractivity contribution in [2.75, 3.05) is 23.7 Å². The van der Waals surface area contributed by atoms with Gasteiger partial charge in [0.05, 0.1) is 0 Å². The van der Waals surface area contributed by atoms with Gasteiger partial charge in [0.2, 0.25) is 0 Å². The average molecular weight is 811 g/mol. The van der Waals surface area contributed by atoms with E-state index in [1.54, 1.807) is 48.5 Å². The van der Waals surface area contributed by atoms with E-state index in [-0.39, 0.29) is 75.6 Å². The predicted octanol–water partition coefficient (Wildman–Crippen LogP) is 4.34. The van der Waals surface area contributed by atoms with Gasteiger partial charge in [0.1, 0.15) is 0 Å². The van der Waals surface area contributed by atoms with Gasteiger partial charge in [0, 0.05) is 34.5 Å². The molecule has 0 unspecified atom stereocenters. The van der Waals surface area contributed by atoms with E-state index < -0.39 is 10.9 Å². The molecule has 0 fully saturated rings. The quantitative estimate of drug-likeness (QED) is 0.0573. The zero-order valence-corrected chi connectivity index (χ0v) is 27.9. The molecule has 0 aliphatic rings. The Hall–Kier alpha value is -2.08. The summed E-state index contributed by atoms with van der Waals surface area (Å²) in [7, 11) is -2.36. The van der Waals surface area contributed by atoms with Gasteiger partial charge in [-0.15, -0.1) is 29.4 Å². The number of nitrogens with two attached hydrogens (primary N) is 1. The van der Waals surface area contributed by atoms with E-state index in [0.29, 0.717) is 34.5 Å². The van der Waals surface area contributed by atoms with Crippen LogP contribution in [0.5, 0.6) is 0 Å². The Bertz CT molecular complexity index is 1060. The monoisotopic (exact) mass is 807 g/mol. The van der Waals surface area contributed by atoms with Crippen LogP contribution in [0.15, 0.2) is 48.5 Å². The molecule has 0 aromatic heterocycles. The summed E-state index contributed by atoms with van der Waals surface area (Å²) < 4.78 is 17.6. The Morgan fingerprint density at radius 2 is 0.951 bits per heavy atom. The van der Waals surface area contributed by atoms with Crippen LogP contribution in [0, 0.1) is 21.6 Å². The molecule has 0 atom stereocenters. The van der Waals surface area contributed by atoms with Crippen LogP contribution in [0.3, 0.4) is 0 Å². The smallest absolute Gasteiger partial charge is 0.409 e. The Morgan fingerprint density at radius 3 is 1.24 bits per heavy atom. The summed E-state index contributed by atoms with van der Waals surface area (Å²) in [6.07, 6.45) is 3.70. The van der Waals surface area contributed by atoms with E-state index in [2.05, 4.69) is 37.0 Å². The zero-order chi connectivity index (χ0) is 28.3. The molecule has 0 bridgehead atoms. The first-order valence-electron chi connectivity index (χ1n) is 11.3. The third kappa shape index (κ3) is 24.2. The van der Waals surface area contributed by atoms with Crippen molar-refractivity contribution in [1.82, 2.24) is 21.3 Å². The van der Waals surface area contributed by atoms with Crippen LogP contribution >= 0.6 is 52.6 Å². The standard InChI is InChI=1S/C22H30Cl2N10.Ag.BrH.ClH.H2NO2S/c23-15-5-9-17(10-6-15)31-21(27)33-19(25)29-13-3-1-2-4-14-30-20(26)34-22(28)32-18-11-7-16(24)8-12-18;;;;1-4(2)3/h5-12H,1-4,13-14H2,(H5,25,27,29,31,33)(H5,26,28,30,32,34);;2*1H;(H2,1,2,3)/q;+1;;;-1. The molecule has 0 aliphatic heterocycles. The maximum atomic E-state index is 8.78. The van der Waals surface area contributed by atoms with Crippen LogP contribution in [0.1, 0.15) is 25.7 Å². The molecule has 0 radical (unpaired) electrons. The van der Waals surface area contributed by atoms with Gasteiger partial charge >= 0.3 is 22.4 Å². The number of hydrogen-bond acceptors (Lipinski definition) is 7. The first-order chi connectivity index (χ1) is 18.0. The summed E-state index contributed by atoms with van der Waals surface area (Å²) in [6, 6.07) is 13.9. The fraction of sp³-hybridized carbons (Fsp3) is 0.273. The SMILES string of the molecule is Br.Cl.N=C(NCCCCCCNC(=N)NC(=N)Nc1ccc(Cl)cc1)NC(=N)Nc1ccc(Cl)cc1.N[S-](=O)=O.[Ag+]. The molecule has 0 amide bonds. The summed E-state index contributed by atoms with van der Waals surface area (Å²) in [5.41, 5.74) is 1.42. The van der Waals surface area contributed by atoms with Gasteiger partial charge < -0.3 is 34.8 Å². The molecule has 0 saturated heterocycles. The summed E-state index contributed by atoms with van der Waals surface area (Å²) in [6.45, 7) is 1.25. The van der Waals surface area contributed by atoms with E-state index in [0.717, 1.165) is 25.7 Å². The van der Waals surface area contributed by atoms with Crippen molar-refractivity contribution in [2.24, 2.45) is 5.14 Å². The second-order valence-electron chi connectivity index (χ2n) is 7.54. The minimum atomic E-state index is -2.36. The molecule has 19 heteroatoms. The molecule has 2 aromatic rings. The van der Waals surface area contributed by atoms with Gasteiger partial charge in [-0.3, -0.25) is 32.3 Å². The van der Waals surface area contributed by atoms with Gasteiger partial charge in [-0.05, 0) is 72.3 Å². The maximum Gasteiger partial charge on any atom is 1.00 e. The Kier molecular flexibility index (Phi) is 27.1. The second kappa shape index (κ2) is 25.6. The van der Waals surface area contributed by atoms with Crippen molar-refractivity contribution >= 4 is 98.7 Å². The number of anilines is 2. The van der Waals surface area contributed by atoms with Crippen LogP contribution < -0.4 is 37.0 Å². The molecular weight excluding hydrogens is 777 g/mol. The summed E-state index contributed by atoms with van der Waals surface area (Å²) >= 11 is 11.7. The summed E-state index contributed by atoms with van der Waals surface area (Å²) in [5.74, 6) is 0.112. The topological polar surface area (TPSA) is 228 Å². The zero-order valence-electron chi connectivity index (χ0n) is 21.5. The minimum Gasteiger partial charge on any atom is -0.409 e. The molecule has 0 saturated carbocycles. The minimum absolute atomic E-state index is 0. The summed E-state index contributed by atoms with van der Waals surface area (Å²) in [4.78, 5) is 0. The molecule has 13 nitrogen and oxygen atoms in total. The van der Waals surface area contributed by atoms with Crippen molar-refractivity contribution in [3.8, 4) is 0 Å². The maximum absolute atomic E-state index is 8.78. The van der Waals surface area contributed by atoms with Crippen LogP contribution in [0.4, 0.5) is 11.4 Å². The first kappa shape index (κ1) is 43.4. The van der Waals surface area contributed by atoms with Crippen LogP contribution in [-0.2, 0) is 41.7 Å². The number of rotatable bonds is 9. The fourth-order valence-corrected chi connectivity index (χ4v) is 3.04. The van der Waals surface area contributed by atoms with Crippen LogP contribution in [0.2, 0.25) is 10.0 Å². The van der Waals surface area contributed by atoms with Gasteiger partial charge in [0.25, 0.3) is 0 Å². The van der Waals surface area contributed by atoms with Crippen LogP contribution in [0.25, 0.3) is 0 Å². The predicted molar refractivity (Wildman–Crippen MR) is 172 cm³/mol. The molecule has 2 aromatic carbocycles. The van der Waals surface area contributed by atoms with Crippen molar-refractivity contribution in [2.45, 2.75) is 25.7 Å². The number of halogens is 4. The van der Waals surface area contributed by atoms with Crippen molar-refractivity contribution < 1.29 is 30.8 Å². The van der Waals surface area contributed by atoms with Gasteiger partial charge in [-0.2, -0.15) is 0 Å². The molecule has 0 aliphatic carbocycles. The van der Waals surface area contributed by atoms with Gasteiger partial charge in [-0.1, -0.05) is 36.0 Å². The molecule has 0 heterocycles. The van der Waals surface area contributed by atoms with E-state index in [9.17, 15) is 0 Å². The Balaban J connectivity index is -0.00000193. The number of guanidine groups is 4. The van der Waals surface area contributed by atoms with E-state index >= 15 is 0 Å². The van der Waals surface area contributed by atoms with Gasteiger partial charge in [0.15, 0.2) is 23.8 Å². The Morgan fingerprint density at radius 1 is 0.659 bits per heavy atom. The number of hydrogen-bond donors (Lipinski definition) is 11. The number of unbranched alkanes of at least 4 members (excludes halogenated alkanes) is 3. The Labute approximate surface area is 283 Å². The molecule has 2 rings (SSSR count). The normalized spacial score (nSPS) is 9.17. The number of nitrogens with one attached hydrogen (secondary N) is 10. The van der Waals surface area contributed by atoms with Crippen molar-refractivity contribution in [1.29, 1.82) is 21.6 Å². The molecular formula is C22H34AgBrCl3N11O2S. The first-order valence-corrected chi connectivity index (χ1v) is 13.2. The van der Waals surface area contributed by atoms with Crippen molar-refractivity contribution in [3.63, 3.8) is 0 Å². The molecule has 41 heavy (non-hydrogen) atoms. The van der Waals surface area contributed by atoms with E-state index in [1.165, 1.54) is 0 Å². The van der Waals surface area contributed by atoms with Crippen molar-refractivity contribution in [3.05, 3.63) is 58.6 Å². The summed E-state index contributed by atoms with van der Waals surface area (Å²) in [5, 5.41) is 53.5. The number of benzene rings is 2. The van der Waals surface area contributed by atoms with E-state index in [1.807, 2.05) is 0 Å². The fourth-order valence-electron chi connectivity index (χ4n) is 2.79. The second-order valence-corrected chi connectivity index (χ2v) is 8.94. The molecule has 12 N–H and O–H groups in total. The average Bonchev–Trinajstić information content (AvgIpc) is 2.83. The molecule has 234 valence electrons. The van der Waals surface area contributed by atoms with E-state index in [4.69, 9.17) is 53.3 Å². The van der Waals surface area contributed by atoms with Gasteiger partial charge in [-0.25, -0.2) is 0 Å². The largest absolute Gasteiger partial charge is 1.00 e.